The van der Waals surface area contributed by atoms with Crippen LogP contribution in [0.3, 0.4) is 0 Å². The van der Waals surface area contributed by atoms with Crippen molar-refractivity contribution in [3.63, 3.8) is 0 Å². The Bertz CT molecular complexity index is 1140. The van der Waals surface area contributed by atoms with Gasteiger partial charge in [0.05, 0.1) is 33.2 Å². The first-order valence-corrected chi connectivity index (χ1v) is 11.6. The van der Waals surface area contributed by atoms with E-state index in [2.05, 4.69) is 24.0 Å². The van der Waals surface area contributed by atoms with Crippen LogP contribution in [0.25, 0.3) is 10.2 Å². The molecule has 4 nitrogen and oxygen atoms in total. The van der Waals surface area contributed by atoms with Gasteiger partial charge in [0.15, 0.2) is 5.13 Å². The van der Waals surface area contributed by atoms with Crippen LogP contribution in [0.4, 0.5) is 5.13 Å². The molecule has 0 spiro atoms. The SMILES string of the molecule is Cc1ccc(SCC(=O)N(Cc2ccccn2)c2nc3c(C)ccc(Cl)c3s2)cc1. The van der Waals surface area contributed by atoms with Gasteiger partial charge in [0.25, 0.3) is 0 Å². The average molecular weight is 454 g/mol. The minimum Gasteiger partial charge on any atom is -0.281 e. The summed E-state index contributed by atoms with van der Waals surface area (Å²) in [5.41, 5.74) is 3.89. The molecule has 4 rings (SSSR count). The summed E-state index contributed by atoms with van der Waals surface area (Å²) < 4.78 is 0.900. The van der Waals surface area contributed by atoms with Crippen molar-refractivity contribution in [2.24, 2.45) is 0 Å². The van der Waals surface area contributed by atoms with Gasteiger partial charge in [-0.1, -0.05) is 52.8 Å². The smallest absolute Gasteiger partial charge is 0.239 e. The third-order valence-corrected chi connectivity index (χ3v) is 7.18. The fraction of sp³-hybridized carbons (Fsp3) is 0.174. The summed E-state index contributed by atoms with van der Waals surface area (Å²) in [6.07, 6.45) is 1.73. The number of aromatic nitrogens is 2. The largest absolute Gasteiger partial charge is 0.281 e. The van der Waals surface area contributed by atoms with Gasteiger partial charge in [-0.2, -0.15) is 0 Å². The molecule has 0 fully saturated rings. The van der Waals surface area contributed by atoms with Crippen molar-refractivity contribution >= 4 is 56.0 Å². The minimum absolute atomic E-state index is 0.0148. The average Bonchev–Trinajstić information content (AvgIpc) is 3.21. The summed E-state index contributed by atoms with van der Waals surface area (Å²) >= 11 is 9.36. The Kier molecular flexibility index (Phi) is 6.37. The number of rotatable bonds is 6. The van der Waals surface area contributed by atoms with Crippen molar-refractivity contribution in [2.75, 3.05) is 10.7 Å². The van der Waals surface area contributed by atoms with Crippen LogP contribution in [0, 0.1) is 13.8 Å². The van der Waals surface area contributed by atoms with Gasteiger partial charge < -0.3 is 0 Å². The van der Waals surface area contributed by atoms with Gasteiger partial charge in [-0.25, -0.2) is 4.98 Å². The molecule has 0 aliphatic carbocycles. The number of halogens is 1. The number of thioether (sulfide) groups is 1. The third kappa shape index (κ3) is 4.67. The maximum atomic E-state index is 13.2. The molecule has 0 radical (unpaired) electrons. The molecule has 7 heteroatoms. The summed E-state index contributed by atoms with van der Waals surface area (Å²) in [6, 6.07) is 17.7. The summed E-state index contributed by atoms with van der Waals surface area (Å²) in [5, 5.41) is 1.29. The molecule has 0 atom stereocenters. The van der Waals surface area contributed by atoms with Gasteiger partial charge in [-0.3, -0.25) is 14.7 Å². The molecule has 0 N–H and O–H groups in total. The lowest BCUT2D eigenvalue weighted by Gasteiger charge is -2.19. The van der Waals surface area contributed by atoms with E-state index in [0.29, 0.717) is 22.5 Å². The predicted molar refractivity (Wildman–Crippen MR) is 127 cm³/mol. The molecule has 30 heavy (non-hydrogen) atoms. The molecule has 1 amide bonds. The Morgan fingerprint density at radius 2 is 1.90 bits per heavy atom. The van der Waals surface area contributed by atoms with E-state index in [4.69, 9.17) is 16.6 Å². The lowest BCUT2D eigenvalue weighted by atomic mass is 10.2. The number of nitrogens with zero attached hydrogens (tertiary/aromatic N) is 3. The van der Waals surface area contributed by atoms with Gasteiger partial charge in [-0.05, 0) is 49.7 Å². The lowest BCUT2D eigenvalue weighted by molar-refractivity contribution is -0.116. The first-order valence-electron chi connectivity index (χ1n) is 9.46. The Labute approximate surface area is 188 Å². The van der Waals surface area contributed by atoms with E-state index in [1.54, 1.807) is 11.1 Å². The molecule has 0 aliphatic heterocycles. The summed E-state index contributed by atoms with van der Waals surface area (Å²) in [7, 11) is 0. The molecule has 152 valence electrons. The van der Waals surface area contributed by atoms with Crippen LogP contribution in [-0.4, -0.2) is 21.6 Å². The molecule has 0 saturated carbocycles. The van der Waals surface area contributed by atoms with Crippen molar-refractivity contribution in [1.29, 1.82) is 0 Å². The number of thiazole rings is 1. The Hall–Kier alpha value is -2.41. The van der Waals surface area contributed by atoms with Gasteiger partial charge in [0.2, 0.25) is 5.91 Å². The number of benzene rings is 2. The Morgan fingerprint density at radius 1 is 1.10 bits per heavy atom. The zero-order chi connectivity index (χ0) is 21.1. The molecule has 0 bridgehead atoms. The number of aryl methyl sites for hydroxylation is 2. The Morgan fingerprint density at radius 3 is 2.60 bits per heavy atom. The van der Waals surface area contributed by atoms with Crippen LogP contribution >= 0.6 is 34.7 Å². The summed E-state index contributed by atoms with van der Waals surface area (Å²) in [4.78, 5) is 25.2. The topological polar surface area (TPSA) is 46.1 Å². The monoisotopic (exact) mass is 453 g/mol. The molecular formula is C23H20ClN3OS2. The van der Waals surface area contributed by atoms with Crippen LogP contribution in [0.15, 0.2) is 65.7 Å². The van der Waals surface area contributed by atoms with Crippen molar-refractivity contribution in [1.82, 2.24) is 9.97 Å². The van der Waals surface area contributed by atoms with E-state index in [1.807, 2.05) is 49.4 Å². The highest BCUT2D eigenvalue weighted by Gasteiger charge is 2.22. The number of hydrogen-bond donors (Lipinski definition) is 0. The molecule has 2 aromatic heterocycles. The van der Waals surface area contributed by atoms with Crippen LogP contribution in [-0.2, 0) is 11.3 Å². The summed E-state index contributed by atoms with van der Waals surface area (Å²) in [5.74, 6) is 0.303. The van der Waals surface area contributed by atoms with Crippen LogP contribution < -0.4 is 4.90 Å². The van der Waals surface area contributed by atoms with Gasteiger partial charge >= 0.3 is 0 Å². The van der Waals surface area contributed by atoms with Gasteiger partial charge in [0.1, 0.15) is 0 Å². The molecule has 0 saturated heterocycles. The fourth-order valence-electron chi connectivity index (χ4n) is 2.98. The first kappa shape index (κ1) is 20.8. The number of anilines is 1. The number of hydrogen-bond acceptors (Lipinski definition) is 5. The molecule has 4 aromatic rings. The first-order chi connectivity index (χ1) is 14.5. The quantitative estimate of drug-likeness (QED) is 0.322. The predicted octanol–water partition coefficient (Wildman–Crippen LogP) is 6.29. The number of carbonyl (C=O) groups is 1. The molecule has 2 aromatic carbocycles. The van der Waals surface area contributed by atoms with Crippen LogP contribution in [0.2, 0.25) is 5.02 Å². The lowest BCUT2D eigenvalue weighted by Crippen LogP contribution is -2.32. The van der Waals surface area contributed by atoms with E-state index in [0.717, 1.165) is 26.4 Å². The molecule has 0 unspecified atom stereocenters. The highest BCUT2D eigenvalue weighted by molar-refractivity contribution is 8.00. The maximum absolute atomic E-state index is 13.2. The van der Waals surface area contributed by atoms with Crippen molar-refractivity contribution in [3.8, 4) is 0 Å². The van der Waals surface area contributed by atoms with E-state index in [-0.39, 0.29) is 5.91 Å². The van der Waals surface area contributed by atoms with E-state index in [1.165, 1.54) is 28.7 Å². The Balaban J connectivity index is 1.64. The van der Waals surface area contributed by atoms with Crippen LogP contribution in [0.5, 0.6) is 0 Å². The normalized spacial score (nSPS) is 11.0. The highest BCUT2D eigenvalue weighted by Crippen LogP contribution is 2.36. The number of fused-ring (bicyclic) bond motifs is 1. The number of pyridine rings is 1. The number of amides is 1. The second-order valence-corrected chi connectivity index (χ2v) is 9.37. The molecule has 0 aliphatic rings. The highest BCUT2D eigenvalue weighted by atomic mass is 35.5. The van der Waals surface area contributed by atoms with Gasteiger partial charge in [0, 0.05) is 11.1 Å². The molecular weight excluding hydrogens is 434 g/mol. The zero-order valence-electron chi connectivity index (χ0n) is 16.6. The molecule has 2 heterocycles. The van der Waals surface area contributed by atoms with E-state index >= 15 is 0 Å². The van der Waals surface area contributed by atoms with Crippen molar-refractivity contribution < 1.29 is 4.79 Å². The van der Waals surface area contributed by atoms with Gasteiger partial charge in [-0.15, -0.1) is 11.8 Å². The zero-order valence-corrected chi connectivity index (χ0v) is 19.0. The fourth-order valence-corrected chi connectivity index (χ4v) is 5.09. The second kappa shape index (κ2) is 9.16. The van der Waals surface area contributed by atoms with Crippen molar-refractivity contribution in [3.05, 3.63) is 82.6 Å². The van der Waals surface area contributed by atoms with Crippen molar-refractivity contribution in [2.45, 2.75) is 25.3 Å². The van der Waals surface area contributed by atoms with E-state index < -0.39 is 0 Å². The third-order valence-electron chi connectivity index (χ3n) is 4.65. The summed E-state index contributed by atoms with van der Waals surface area (Å²) in [6.45, 7) is 4.42. The maximum Gasteiger partial charge on any atom is 0.239 e. The standard InChI is InChI=1S/C23H20ClN3OS2/c1-15-6-9-18(10-7-15)29-14-20(28)27(13-17-5-3-4-12-25-17)23-26-21-16(2)8-11-19(24)22(21)30-23/h3-12H,13-14H2,1-2H3. The van der Waals surface area contributed by atoms with Crippen LogP contribution in [0.1, 0.15) is 16.8 Å². The number of carbonyl (C=O) groups excluding carboxylic acids is 1. The second-order valence-electron chi connectivity index (χ2n) is 6.94. The van der Waals surface area contributed by atoms with E-state index in [9.17, 15) is 4.79 Å². The minimum atomic E-state index is -0.0148.